The molecule has 0 heterocycles. The van der Waals surface area contributed by atoms with E-state index in [0.29, 0.717) is 0 Å². The molecule has 3 heteroatoms. The average Bonchev–Trinajstić information content (AvgIpc) is 2.07. The predicted molar refractivity (Wildman–Crippen MR) is 45.3 cm³/mol. The van der Waals surface area contributed by atoms with Crippen molar-refractivity contribution in [1.29, 1.82) is 0 Å². The van der Waals surface area contributed by atoms with E-state index in [1.807, 2.05) is 0 Å². The maximum absolute atomic E-state index is 5.14. The Morgan fingerprint density at radius 3 is 1.55 bits per heavy atom. The lowest BCUT2D eigenvalue weighted by atomic mass is 10.3. The highest BCUT2D eigenvalue weighted by molar-refractivity contribution is 4.56. The minimum Gasteiger partial charge on any atom is -0.367 e. The maximum Gasteiger partial charge on any atom is 0.109 e. The van der Waals surface area contributed by atoms with E-state index in [4.69, 9.17) is 9.47 Å². The first kappa shape index (κ1) is 10.9. The Bertz CT molecular complexity index is 70.2. The summed E-state index contributed by atoms with van der Waals surface area (Å²) in [7, 11) is 3.40. The second kappa shape index (κ2) is 6.58. The molecule has 0 saturated heterocycles. The highest BCUT2D eigenvalue weighted by Crippen LogP contribution is 1.97. The Balaban J connectivity index is 3.58. The van der Waals surface area contributed by atoms with Crippen molar-refractivity contribution in [1.82, 2.24) is 5.32 Å². The van der Waals surface area contributed by atoms with E-state index in [1.165, 1.54) is 0 Å². The molecular formula is C8H19NO2. The van der Waals surface area contributed by atoms with E-state index in [0.717, 1.165) is 12.8 Å². The monoisotopic (exact) mass is 161 g/mol. The van der Waals surface area contributed by atoms with Crippen LogP contribution >= 0.6 is 0 Å². The van der Waals surface area contributed by atoms with Crippen LogP contribution in [0, 0.1) is 0 Å². The molecule has 0 aliphatic carbocycles. The third kappa shape index (κ3) is 4.35. The molecule has 0 rings (SSSR count). The first-order valence-electron chi connectivity index (χ1n) is 4.10. The van der Waals surface area contributed by atoms with Crippen molar-refractivity contribution in [3.8, 4) is 0 Å². The summed E-state index contributed by atoms with van der Waals surface area (Å²) in [6, 6.07) is 0. The zero-order chi connectivity index (χ0) is 8.69. The summed E-state index contributed by atoms with van der Waals surface area (Å²) in [6.07, 6.45) is 2.13. The molecule has 2 unspecified atom stereocenters. The fraction of sp³-hybridized carbons (Fsp3) is 1.00. The molecule has 0 bridgehead atoms. The number of ether oxygens (including phenoxy) is 2. The first-order valence-corrected chi connectivity index (χ1v) is 4.10. The van der Waals surface area contributed by atoms with Crippen LogP contribution in [-0.4, -0.2) is 26.7 Å². The fourth-order valence-corrected chi connectivity index (χ4v) is 0.912. The molecule has 68 valence electrons. The van der Waals surface area contributed by atoms with Gasteiger partial charge in [0.1, 0.15) is 12.5 Å². The minimum absolute atomic E-state index is 0.111. The summed E-state index contributed by atoms with van der Waals surface area (Å²) in [5.41, 5.74) is 0. The molecule has 0 spiro atoms. The molecule has 0 aliphatic heterocycles. The third-order valence-electron chi connectivity index (χ3n) is 1.68. The van der Waals surface area contributed by atoms with Gasteiger partial charge in [0.15, 0.2) is 0 Å². The number of hydrogen-bond donors (Lipinski definition) is 1. The second-order valence-electron chi connectivity index (χ2n) is 2.43. The van der Waals surface area contributed by atoms with E-state index < -0.39 is 0 Å². The van der Waals surface area contributed by atoms with Crippen LogP contribution in [0.2, 0.25) is 0 Å². The Morgan fingerprint density at radius 1 is 1.00 bits per heavy atom. The van der Waals surface area contributed by atoms with Gasteiger partial charge in [-0.15, -0.1) is 0 Å². The highest BCUT2D eigenvalue weighted by Gasteiger charge is 2.09. The topological polar surface area (TPSA) is 30.5 Å². The van der Waals surface area contributed by atoms with Crippen LogP contribution in [0.25, 0.3) is 0 Å². The van der Waals surface area contributed by atoms with Gasteiger partial charge in [-0.3, -0.25) is 5.32 Å². The lowest BCUT2D eigenvalue weighted by Crippen LogP contribution is -2.39. The summed E-state index contributed by atoms with van der Waals surface area (Å²) in [5, 5.41) is 3.21. The molecule has 0 aromatic carbocycles. The standard InChI is InChI=1S/C8H19NO2/c1-5-7(10-3)9-8(6-2)11-4/h7-9H,5-6H2,1-4H3. The molecule has 1 N–H and O–H groups in total. The molecule has 0 fully saturated rings. The molecule has 0 aromatic rings. The summed E-state index contributed by atoms with van der Waals surface area (Å²) < 4.78 is 10.3. The Kier molecular flexibility index (Phi) is 6.51. The van der Waals surface area contributed by atoms with Gasteiger partial charge in [-0.1, -0.05) is 13.8 Å². The highest BCUT2D eigenvalue weighted by atomic mass is 16.5. The number of methoxy groups -OCH3 is 2. The van der Waals surface area contributed by atoms with Crippen molar-refractivity contribution in [3.05, 3.63) is 0 Å². The first-order chi connectivity index (χ1) is 5.28. The van der Waals surface area contributed by atoms with Gasteiger partial charge < -0.3 is 9.47 Å². The number of rotatable bonds is 6. The van der Waals surface area contributed by atoms with E-state index in [-0.39, 0.29) is 12.5 Å². The summed E-state index contributed by atoms with van der Waals surface area (Å²) in [5.74, 6) is 0. The molecule has 0 aromatic heterocycles. The van der Waals surface area contributed by atoms with Crippen LogP contribution < -0.4 is 5.32 Å². The zero-order valence-corrected chi connectivity index (χ0v) is 7.89. The van der Waals surface area contributed by atoms with Gasteiger partial charge in [0.2, 0.25) is 0 Å². The van der Waals surface area contributed by atoms with Crippen LogP contribution in [0.3, 0.4) is 0 Å². The van der Waals surface area contributed by atoms with Gasteiger partial charge in [-0.05, 0) is 12.8 Å². The molecule has 0 amide bonds. The van der Waals surface area contributed by atoms with E-state index in [2.05, 4.69) is 19.2 Å². The van der Waals surface area contributed by atoms with Crippen molar-refractivity contribution in [2.75, 3.05) is 14.2 Å². The molecule has 2 atom stereocenters. The summed E-state index contributed by atoms with van der Waals surface area (Å²) >= 11 is 0. The van der Waals surface area contributed by atoms with Crippen molar-refractivity contribution in [3.63, 3.8) is 0 Å². The van der Waals surface area contributed by atoms with E-state index in [1.54, 1.807) is 14.2 Å². The lowest BCUT2D eigenvalue weighted by molar-refractivity contribution is -0.0121. The van der Waals surface area contributed by atoms with Gasteiger partial charge >= 0.3 is 0 Å². The van der Waals surface area contributed by atoms with Crippen LogP contribution in [0.5, 0.6) is 0 Å². The number of nitrogens with one attached hydrogen (secondary N) is 1. The van der Waals surface area contributed by atoms with Crippen LogP contribution in [0.4, 0.5) is 0 Å². The van der Waals surface area contributed by atoms with Gasteiger partial charge in [-0.25, -0.2) is 0 Å². The van der Waals surface area contributed by atoms with Crippen LogP contribution in [-0.2, 0) is 9.47 Å². The van der Waals surface area contributed by atoms with Crippen LogP contribution in [0.1, 0.15) is 26.7 Å². The normalized spacial score (nSPS) is 16.4. The van der Waals surface area contributed by atoms with Crippen molar-refractivity contribution < 1.29 is 9.47 Å². The van der Waals surface area contributed by atoms with E-state index in [9.17, 15) is 0 Å². The minimum atomic E-state index is 0.111. The molecule has 0 saturated carbocycles. The maximum atomic E-state index is 5.14. The molecule has 11 heavy (non-hydrogen) atoms. The second-order valence-corrected chi connectivity index (χ2v) is 2.43. The van der Waals surface area contributed by atoms with Crippen molar-refractivity contribution in [2.45, 2.75) is 39.1 Å². The predicted octanol–water partition coefficient (Wildman–Crippen LogP) is 1.34. The largest absolute Gasteiger partial charge is 0.367 e. The fourth-order valence-electron chi connectivity index (χ4n) is 0.912. The summed E-state index contributed by atoms with van der Waals surface area (Å²) in [4.78, 5) is 0. The Labute approximate surface area is 69.1 Å². The van der Waals surface area contributed by atoms with Gasteiger partial charge in [0, 0.05) is 14.2 Å². The average molecular weight is 161 g/mol. The van der Waals surface area contributed by atoms with Crippen molar-refractivity contribution >= 4 is 0 Å². The van der Waals surface area contributed by atoms with Gasteiger partial charge in [-0.2, -0.15) is 0 Å². The Morgan fingerprint density at radius 2 is 1.36 bits per heavy atom. The van der Waals surface area contributed by atoms with Gasteiger partial charge in [0.05, 0.1) is 0 Å². The molecule has 0 aliphatic rings. The molecule has 3 nitrogen and oxygen atoms in total. The van der Waals surface area contributed by atoms with E-state index >= 15 is 0 Å². The number of hydrogen-bond acceptors (Lipinski definition) is 3. The Hall–Kier alpha value is -0.120. The SMILES string of the molecule is CCC(NC(CC)OC)OC. The zero-order valence-electron chi connectivity index (χ0n) is 7.89. The van der Waals surface area contributed by atoms with Crippen molar-refractivity contribution in [2.24, 2.45) is 0 Å². The van der Waals surface area contributed by atoms with Crippen LogP contribution in [0.15, 0.2) is 0 Å². The molecule has 0 radical (unpaired) electrons. The molecular weight excluding hydrogens is 142 g/mol. The summed E-state index contributed by atoms with van der Waals surface area (Å²) in [6.45, 7) is 4.15. The third-order valence-corrected chi connectivity index (χ3v) is 1.68. The van der Waals surface area contributed by atoms with Gasteiger partial charge in [0.25, 0.3) is 0 Å². The lowest BCUT2D eigenvalue weighted by Gasteiger charge is -2.21. The quantitative estimate of drug-likeness (QED) is 0.596. The smallest absolute Gasteiger partial charge is 0.109 e.